The lowest BCUT2D eigenvalue weighted by Gasteiger charge is -2.27. The number of nitrogen functional groups attached to an aromatic ring is 1. The fourth-order valence-corrected chi connectivity index (χ4v) is 5.53. The number of pyridine rings is 2. The molecule has 0 amide bonds. The van der Waals surface area contributed by atoms with Crippen LogP contribution < -0.4 is 21.8 Å². The number of nitrogens with zero attached hydrogens (tertiary/aromatic N) is 3. The van der Waals surface area contributed by atoms with Gasteiger partial charge in [0.1, 0.15) is 17.0 Å². The first-order chi connectivity index (χ1) is 16.4. The number of carboxylic acids is 1. The maximum atomic E-state index is 15.5. The number of nitrogens with two attached hydrogens (primary N) is 2. The summed E-state index contributed by atoms with van der Waals surface area (Å²) in [4.78, 5) is 29.5. The number of benzene rings is 1. The third kappa shape index (κ3) is 3.27. The van der Waals surface area contributed by atoms with Crippen LogP contribution in [-0.2, 0) is 0 Å². The van der Waals surface area contributed by atoms with Gasteiger partial charge < -0.3 is 21.5 Å². The molecule has 1 aliphatic carbocycles. The van der Waals surface area contributed by atoms with Gasteiger partial charge in [-0.1, -0.05) is 11.6 Å². The average Bonchev–Trinajstić information content (AvgIpc) is 3.18. The van der Waals surface area contributed by atoms with E-state index in [2.05, 4.69) is 4.98 Å². The number of halogens is 5. The zero-order valence-corrected chi connectivity index (χ0v) is 18.7. The third-order valence-electron chi connectivity index (χ3n) is 6.87. The molecule has 1 saturated carbocycles. The van der Waals surface area contributed by atoms with Gasteiger partial charge in [0.05, 0.1) is 33.7 Å². The second kappa shape index (κ2) is 7.56. The van der Waals surface area contributed by atoms with Crippen LogP contribution in [0.1, 0.15) is 29.6 Å². The minimum Gasteiger partial charge on any atom is -0.477 e. The zero-order chi connectivity index (χ0) is 25.4. The van der Waals surface area contributed by atoms with Crippen LogP contribution in [-0.4, -0.2) is 44.9 Å². The molecule has 8 nitrogen and oxygen atoms in total. The molecule has 2 unspecified atom stereocenters. The predicted octanol–water partition coefficient (Wildman–Crippen LogP) is 3.15. The Bertz CT molecular complexity index is 1480. The van der Waals surface area contributed by atoms with E-state index in [1.165, 1.54) is 4.90 Å². The Balaban J connectivity index is 1.82. The molecule has 2 atom stereocenters. The molecule has 35 heavy (non-hydrogen) atoms. The second-order valence-corrected chi connectivity index (χ2v) is 9.33. The Kier molecular flexibility index (Phi) is 5.05. The summed E-state index contributed by atoms with van der Waals surface area (Å²) in [7, 11) is 0. The maximum Gasteiger partial charge on any atom is 0.341 e. The van der Waals surface area contributed by atoms with Gasteiger partial charge in [0.15, 0.2) is 23.3 Å². The predicted molar refractivity (Wildman–Crippen MR) is 120 cm³/mol. The SMILES string of the molecule is Nc1nc(-n2cc(C(=O)O)c(=O)c3cc(F)c(N4CC5(N)CCCC5(F)C4)c(Cl)c32)c(F)cc1F. The number of hydrogen-bond donors (Lipinski definition) is 3. The number of alkyl halides is 1. The van der Waals surface area contributed by atoms with E-state index in [-0.39, 0.29) is 30.7 Å². The largest absolute Gasteiger partial charge is 0.477 e. The van der Waals surface area contributed by atoms with E-state index in [4.69, 9.17) is 23.1 Å². The van der Waals surface area contributed by atoms with E-state index in [9.17, 15) is 23.5 Å². The summed E-state index contributed by atoms with van der Waals surface area (Å²) < 4.78 is 60.1. The molecule has 1 saturated heterocycles. The number of anilines is 2. The zero-order valence-electron chi connectivity index (χ0n) is 17.9. The highest BCUT2D eigenvalue weighted by molar-refractivity contribution is 6.38. The van der Waals surface area contributed by atoms with Crippen molar-refractivity contribution in [2.45, 2.75) is 30.5 Å². The Hall–Kier alpha value is -3.38. The van der Waals surface area contributed by atoms with Crippen LogP contribution in [0.2, 0.25) is 5.02 Å². The second-order valence-electron chi connectivity index (χ2n) is 8.96. The smallest absolute Gasteiger partial charge is 0.341 e. The van der Waals surface area contributed by atoms with Crippen molar-refractivity contribution in [2.75, 3.05) is 23.7 Å². The highest BCUT2D eigenvalue weighted by atomic mass is 35.5. The summed E-state index contributed by atoms with van der Waals surface area (Å²) in [5.41, 5.74) is 6.18. The maximum absolute atomic E-state index is 15.5. The molecule has 2 aliphatic rings. The molecule has 0 bridgehead atoms. The quantitative estimate of drug-likeness (QED) is 0.461. The molecular weight excluding hydrogens is 494 g/mol. The molecule has 13 heteroatoms. The van der Waals surface area contributed by atoms with Crippen molar-refractivity contribution in [1.82, 2.24) is 9.55 Å². The molecule has 5 N–H and O–H groups in total. The summed E-state index contributed by atoms with van der Waals surface area (Å²) in [6.07, 6.45) is 1.87. The van der Waals surface area contributed by atoms with E-state index in [1.54, 1.807) is 0 Å². The van der Waals surface area contributed by atoms with E-state index in [0.29, 0.717) is 18.9 Å². The molecular formula is C22H18ClF4N5O3. The summed E-state index contributed by atoms with van der Waals surface area (Å²) in [5.74, 6) is -6.50. The fraction of sp³-hybridized carbons (Fsp3) is 0.318. The minimum absolute atomic E-state index is 0.0702. The van der Waals surface area contributed by atoms with Crippen LogP contribution in [0.25, 0.3) is 16.7 Å². The Morgan fingerprint density at radius 1 is 1.14 bits per heavy atom. The molecule has 0 spiro atoms. The van der Waals surface area contributed by atoms with Crippen molar-refractivity contribution in [3.63, 3.8) is 0 Å². The van der Waals surface area contributed by atoms with Crippen LogP contribution in [0.4, 0.5) is 29.1 Å². The summed E-state index contributed by atoms with van der Waals surface area (Å²) in [5, 5.41) is 8.55. The molecule has 5 rings (SSSR count). The minimum atomic E-state index is -1.79. The van der Waals surface area contributed by atoms with E-state index in [1.807, 2.05) is 0 Å². The molecule has 2 aromatic heterocycles. The molecule has 1 aromatic carbocycles. The van der Waals surface area contributed by atoms with Gasteiger partial charge in [0.25, 0.3) is 0 Å². The van der Waals surface area contributed by atoms with Crippen molar-refractivity contribution < 1.29 is 27.5 Å². The molecule has 184 valence electrons. The number of aromatic nitrogens is 2. The third-order valence-corrected chi connectivity index (χ3v) is 7.23. The Morgan fingerprint density at radius 3 is 2.51 bits per heavy atom. The van der Waals surface area contributed by atoms with Crippen LogP contribution in [0.15, 0.2) is 23.1 Å². The number of fused-ring (bicyclic) bond motifs is 2. The number of hydrogen-bond acceptors (Lipinski definition) is 6. The van der Waals surface area contributed by atoms with Crippen LogP contribution in [0, 0.1) is 17.5 Å². The van der Waals surface area contributed by atoms with Crippen LogP contribution in [0.3, 0.4) is 0 Å². The summed E-state index contributed by atoms with van der Waals surface area (Å²) in [6, 6.07) is 1.17. The normalized spacial score (nSPS) is 23.8. The Morgan fingerprint density at radius 2 is 1.86 bits per heavy atom. The summed E-state index contributed by atoms with van der Waals surface area (Å²) in [6.45, 7) is -0.335. The van der Waals surface area contributed by atoms with E-state index in [0.717, 1.165) is 16.8 Å². The lowest BCUT2D eigenvalue weighted by atomic mass is 9.89. The highest BCUT2D eigenvalue weighted by Crippen LogP contribution is 2.49. The molecule has 2 fully saturated rings. The average molecular weight is 512 g/mol. The number of carboxylic acid groups (broad SMARTS) is 1. The lowest BCUT2D eigenvalue weighted by Crippen LogP contribution is -2.53. The fourth-order valence-electron chi connectivity index (χ4n) is 5.12. The first-order valence-electron chi connectivity index (χ1n) is 10.5. The van der Waals surface area contributed by atoms with Gasteiger partial charge in [-0.3, -0.25) is 9.36 Å². The van der Waals surface area contributed by atoms with Crippen LogP contribution in [0.5, 0.6) is 0 Å². The standard InChI is InChI=1S/C22H18ClF4N5O3/c23-14-15-9(4-11(24)16(14)31-7-21(27)2-1-3-22(21,29)8-31)17(33)10(20(34)35)6-32(15)19-13(26)5-12(25)18(28)30-19/h4-6H,1-3,7-8,29H2,(H2,28,30)(H,34,35). The number of carbonyl (C=O) groups is 1. The Labute approximate surface area is 199 Å². The topological polar surface area (TPSA) is 127 Å². The van der Waals surface area contributed by atoms with Crippen molar-refractivity contribution in [1.29, 1.82) is 0 Å². The van der Waals surface area contributed by atoms with Crippen molar-refractivity contribution in [3.05, 3.63) is 56.6 Å². The van der Waals surface area contributed by atoms with Gasteiger partial charge in [-0.05, 0) is 25.3 Å². The van der Waals surface area contributed by atoms with E-state index >= 15 is 8.78 Å². The van der Waals surface area contributed by atoms with Crippen molar-refractivity contribution >= 4 is 40.0 Å². The van der Waals surface area contributed by atoms with Gasteiger partial charge in [-0.15, -0.1) is 0 Å². The number of rotatable bonds is 3. The lowest BCUT2D eigenvalue weighted by molar-refractivity contribution is 0.0695. The molecule has 1 aliphatic heterocycles. The van der Waals surface area contributed by atoms with E-state index < -0.39 is 67.7 Å². The van der Waals surface area contributed by atoms with Gasteiger partial charge >= 0.3 is 5.97 Å². The van der Waals surface area contributed by atoms with Crippen LogP contribution >= 0.6 is 11.6 Å². The molecule has 0 radical (unpaired) electrons. The summed E-state index contributed by atoms with van der Waals surface area (Å²) >= 11 is 6.55. The van der Waals surface area contributed by atoms with Gasteiger partial charge in [-0.2, -0.15) is 0 Å². The van der Waals surface area contributed by atoms with Gasteiger partial charge in [-0.25, -0.2) is 27.3 Å². The van der Waals surface area contributed by atoms with Gasteiger partial charge in [0.2, 0.25) is 5.43 Å². The van der Waals surface area contributed by atoms with Gasteiger partial charge in [0, 0.05) is 18.8 Å². The monoisotopic (exact) mass is 511 g/mol. The molecule has 3 heterocycles. The van der Waals surface area contributed by atoms with Crippen molar-refractivity contribution in [2.24, 2.45) is 5.73 Å². The van der Waals surface area contributed by atoms with Crippen molar-refractivity contribution in [3.8, 4) is 5.82 Å². The number of aromatic carboxylic acids is 1. The molecule has 3 aromatic rings. The first-order valence-corrected chi connectivity index (χ1v) is 10.9. The highest BCUT2D eigenvalue weighted by Gasteiger charge is 2.60. The first kappa shape index (κ1) is 23.4.